The summed E-state index contributed by atoms with van der Waals surface area (Å²) in [6.07, 6.45) is -0.0838. The molecule has 3 rings (SSSR count). The maximum Gasteiger partial charge on any atom is 0.407 e. The lowest BCUT2D eigenvalue weighted by molar-refractivity contribution is -0.147. The maximum absolute atomic E-state index is 12.5. The van der Waals surface area contributed by atoms with Crippen molar-refractivity contribution in [1.82, 2.24) is 10.6 Å². The number of hydrogen-bond acceptors (Lipinski definition) is 6. The van der Waals surface area contributed by atoms with E-state index in [2.05, 4.69) is 22.8 Å². The zero-order valence-corrected chi connectivity index (χ0v) is 19.1. The van der Waals surface area contributed by atoms with E-state index in [1.54, 1.807) is 0 Å². The van der Waals surface area contributed by atoms with E-state index in [0.29, 0.717) is 12.2 Å². The fourth-order valence-electron chi connectivity index (χ4n) is 3.87. The van der Waals surface area contributed by atoms with E-state index in [1.807, 2.05) is 42.7 Å². The normalized spacial score (nSPS) is 14.0. The van der Waals surface area contributed by atoms with Gasteiger partial charge in [-0.1, -0.05) is 48.5 Å². The molecule has 1 aliphatic carbocycles. The van der Waals surface area contributed by atoms with Crippen LogP contribution in [0, 0.1) is 0 Å². The summed E-state index contributed by atoms with van der Waals surface area (Å²) >= 11 is 1.54. The summed E-state index contributed by atoms with van der Waals surface area (Å²) in [6, 6.07) is 15.2. The molecule has 1 unspecified atom stereocenters. The first-order valence-corrected chi connectivity index (χ1v) is 12.1. The Hall–Kier alpha value is -3.04. The summed E-state index contributed by atoms with van der Waals surface area (Å²) in [6.45, 7) is 0.121. The lowest BCUT2D eigenvalue weighted by Crippen LogP contribution is -2.48. The summed E-state index contributed by atoms with van der Waals surface area (Å²) in [5, 5.41) is 23.2. The van der Waals surface area contributed by atoms with Crippen LogP contribution in [0.2, 0.25) is 0 Å². The number of nitrogens with one attached hydrogen (secondary N) is 2. The van der Waals surface area contributed by atoms with E-state index < -0.39 is 30.1 Å². The largest absolute Gasteiger partial charge is 0.479 e. The number of carbonyl (C=O) groups excluding carboxylic acids is 2. The van der Waals surface area contributed by atoms with Crippen LogP contribution in [0.3, 0.4) is 0 Å². The van der Waals surface area contributed by atoms with E-state index in [4.69, 9.17) is 9.84 Å². The second kappa shape index (κ2) is 11.7. The van der Waals surface area contributed by atoms with Crippen molar-refractivity contribution in [3.63, 3.8) is 0 Å². The van der Waals surface area contributed by atoms with Gasteiger partial charge in [-0.05, 0) is 40.7 Å². The molecule has 2 atom stereocenters. The topological polar surface area (TPSA) is 125 Å². The van der Waals surface area contributed by atoms with E-state index >= 15 is 0 Å². The Balaban J connectivity index is 1.58. The number of thioether (sulfide) groups is 1. The minimum atomic E-state index is -1.55. The third-order valence-electron chi connectivity index (χ3n) is 5.56. The molecule has 0 aromatic heterocycles. The minimum absolute atomic E-state index is 0.0194. The molecule has 2 amide bonds. The Kier molecular flexibility index (Phi) is 8.73. The fourth-order valence-corrected chi connectivity index (χ4v) is 4.34. The molecule has 0 heterocycles. The van der Waals surface area contributed by atoms with Gasteiger partial charge in [0.25, 0.3) is 0 Å². The highest BCUT2D eigenvalue weighted by molar-refractivity contribution is 7.98. The fraction of sp³-hybridized carbons (Fsp3) is 0.375. The van der Waals surface area contributed by atoms with Gasteiger partial charge in [0.15, 0.2) is 6.10 Å². The highest BCUT2D eigenvalue weighted by atomic mass is 32.2. The van der Waals surface area contributed by atoms with Gasteiger partial charge in [0.1, 0.15) is 12.6 Å². The number of hydrogen-bond donors (Lipinski definition) is 4. The number of rotatable bonds is 11. The van der Waals surface area contributed by atoms with Crippen molar-refractivity contribution < 1.29 is 29.3 Å². The van der Waals surface area contributed by atoms with Crippen molar-refractivity contribution in [2.75, 3.05) is 25.2 Å². The zero-order valence-electron chi connectivity index (χ0n) is 18.3. The number of fused-ring (bicyclic) bond motifs is 3. The van der Waals surface area contributed by atoms with E-state index in [1.165, 1.54) is 11.8 Å². The summed E-state index contributed by atoms with van der Waals surface area (Å²) < 4.78 is 5.52. The van der Waals surface area contributed by atoms with Crippen molar-refractivity contribution >= 4 is 29.7 Å². The van der Waals surface area contributed by atoms with Crippen LogP contribution in [0.1, 0.15) is 29.9 Å². The summed E-state index contributed by atoms with van der Waals surface area (Å²) in [5.41, 5.74) is 4.45. The molecule has 33 heavy (non-hydrogen) atoms. The first-order valence-electron chi connectivity index (χ1n) is 10.7. The molecule has 2 aromatic rings. The number of carboxylic acid groups (broad SMARTS) is 1. The second-order valence-corrected chi connectivity index (χ2v) is 8.72. The number of aliphatic hydroxyl groups is 1. The Bertz CT molecular complexity index is 953. The maximum atomic E-state index is 12.5. The Labute approximate surface area is 196 Å². The molecule has 0 fully saturated rings. The minimum Gasteiger partial charge on any atom is -0.479 e. The van der Waals surface area contributed by atoms with Gasteiger partial charge in [-0.2, -0.15) is 11.8 Å². The van der Waals surface area contributed by atoms with Gasteiger partial charge in [0.2, 0.25) is 5.91 Å². The molecule has 1 aliphatic rings. The Morgan fingerprint density at radius 2 is 1.64 bits per heavy atom. The number of aliphatic hydroxyl groups excluding tert-OH is 1. The first-order chi connectivity index (χ1) is 15.9. The predicted molar refractivity (Wildman–Crippen MR) is 126 cm³/mol. The predicted octanol–water partition coefficient (Wildman–Crippen LogP) is 2.60. The lowest BCUT2D eigenvalue weighted by Gasteiger charge is -2.20. The van der Waals surface area contributed by atoms with Gasteiger partial charge in [-0.25, -0.2) is 9.59 Å². The molecule has 4 N–H and O–H groups in total. The molecule has 0 aliphatic heterocycles. The molecule has 9 heteroatoms. The van der Waals surface area contributed by atoms with Crippen LogP contribution in [0.15, 0.2) is 48.5 Å². The molecule has 0 radical (unpaired) electrons. The highest BCUT2D eigenvalue weighted by Gasteiger charge is 2.29. The van der Waals surface area contributed by atoms with Gasteiger partial charge in [0, 0.05) is 18.9 Å². The van der Waals surface area contributed by atoms with E-state index in [0.717, 1.165) is 22.3 Å². The van der Waals surface area contributed by atoms with Gasteiger partial charge in [0.05, 0.1) is 0 Å². The molecule has 0 saturated heterocycles. The molecule has 2 aromatic carbocycles. The average molecular weight is 473 g/mol. The molecular formula is C24H28N2O6S. The van der Waals surface area contributed by atoms with Gasteiger partial charge >= 0.3 is 12.1 Å². The van der Waals surface area contributed by atoms with Gasteiger partial charge in [-0.15, -0.1) is 0 Å². The number of ether oxygens (including phenoxy) is 1. The third kappa shape index (κ3) is 6.27. The molecular weight excluding hydrogens is 444 g/mol. The average Bonchev–Trinajstić information content (AvgIpc) is 3.13. The molecule has 0 saturated carbocycles. The van der Waals surface area contributed by atoms with Crippen molar-refractivity contribution in [1.29, 1.82) is 0 Å². The van der Waals surface area contributed by atoms with E-state index in [-0.39, 0.29) is 25.5 Å². The molecule has 0 spiro atoms. The number of amides is 2. The number of alkyl carbamates (subject to hydrolysis) is 1. The van der Waals surface area contributed by atoms with Crippen LogP contribution in [0.4, 0.5) is 4.79 Å². The van der Waals surface area contributed by atoms with Crippen LogP contribution in [-0.2, 0) is 14.3 Å². The monoisotopic (exact) mass is 472 g/mol. The van der Waals surface area contributed by atoms with Crippen molar-refractivity contribution in [3.8, 4) is 11.1 Å². The Morgan fingerprint density at radius 3 is 2.21 bits per heavy atom. The Morgan fingerprint density at radius 1 is 1.03 bits per heavy atom. The van der Waals surface area contributed by atoms with Gasteiger partial charge < -0.3 is 25.6 Å². The van der Waals surface area contributed by atoms with Crippen LogP contribution in [0.5, 0.6) is 0 Å². The lowest BCUT2D eigenvalue weighted by atomic mass is 9.98. The van der Waals surface area contributed by atoms with Crippen LogP contribution >= 0.6 is 11.8 Å². The first kappa shape index (κ1) is 24.6. The van der Waals surface area contributed by atoms with Crippen molar-refractivity contribution in [2.24, 2.45) is 0 Å². The second-order valence-electron chi connectivity index (χ2n) is 7.74. The standard InChI is InChI=1S/C24H28N2O6S/c1-33-13-11-20(22(28)25-12-10-21(27)23(29)30)26-24(31)32-14-19-17-8-4-2-6-15(17)16-7-3-5-9-18(16)19/h2-9,19-21,27H,10-14H2,1H3,(H,25,28)(H,26,31)(H,29,30)/t20?,21-/m0/s1. The molecule has 8 nitrogen and oxygen atoms in total. The van der Waals surface area contributed by atoms with Crippen molar-refractivity contribution in [2.45, 2.75) is 30.9 Å². The number of carbonyl (C=O) groups is 3. The molecule has 0 bridgehead atoms. The van der Waals surface area contributed by atoms with Crippen LogP contribution < -0.4 is 10.6 Å². The number of benzene rings is 2. The smallest absolute Gasteiger partial charge is 0.407 e. The summed E-state index contributed by atoms with van der Waals surface area (Å²) in [7, 11) is 0. The van der Waals surface area contributed by atoms with Gasteiger partial charge in [-0.3, -0.25) is 4.79 Å². The SMILES string of the molecule is CSCCC(NC(=O)OCC1c2ccccc2-c2ccccc21)C(=O)NCC[C@H](O)C(=O)O. The van der Waals surface area contributed by atoms with Crippen LogP contribution in [-0.4, -0.2) is 65.5 Å². The highest BCUT2D eigenvalue weighted by Crippen LogP contribution is 2.44. The summed E-state index contributed by atoms with van der Waals surface area (Å²) in [5.74, 6) is -1.24. The zero-order chi connectivity index (χ0) is 23.8. The number of carboxylic acids is 1. The van der Waals surface area contributed by atoms with E-state index in [9.17, 15) is 19.5 Å². The third-order valence-corrected chi connectivity index (χ3v) is 6.21. The number of aliphatic carboxylic acids is 1. The molecule has 176 valence electrons. The van der Waals surface area contributed by atoms with Crippen molar-refractivity contribution in [3.05, 3.63) is 59.7 Å². The summed E-state index contributed by atoms with van der Waals surface area (Å²) in [4.78, 5) is 35.7. The quantitative estimate of drug-likeness (QED) is 0.396. The van der Waals surface area contributed by atoms with Crippen LogP contribution in [0.25, 0.3) is 11.1 Å².